The summed E-state index contributed by atoms with van der Waals surface area (Å²) in [6, 6.07) is 20.6. The van der Waals surface area contributed by atoms with Crippen LogP contribution in [0.3, 0.4) is 0 Å². The van der Waals surface area contributed by atoms with Gasteiger partial charge in [-0.3, -0.25) is 4.79 Å². The molecule has 6 rings (SSSR count). The number of halogens is 1. The summed E-state index contributed by atoms with van der Waals surface area (Å²) in [5.74, 6) is 0.473. The standard InChI is InChI=1S/C28H22ClN3O3/c1-31-16-30-14-26(31)28(34)19-7-9-24-22(11-19)21(13-27(33)32(24)2)18-5-3-4-17(10-18)15-35-25-12-20(28)6-8-23(25)29/h3-14,16,34H,15H2,1-2H3/t28-/m0/s1. The minimum Gasteiger partial charge on any atom is -0.487 e. The third-order valence-corrected chi connectivity index (χ3v) is 7.15. The van der Waals surface area contributed by atoms with Crippen molar-refractivity contribution in [2.24, 2.45) is 14.1 Å². The molecule has 0 spiro atoms. The topological polar surface area (TPSA) is 69.3 Å². The Balaban J connectivity index is 1.77. The average molecular weight is 484 g/mol. The molecule has 0 saturated carbocycles. The van der Waals surface area contributed by atoms with Crippen molar-refractivity contribution >= 4 is 22.5 Å². The maximum atomic E-state index is 12.8. The van der Waals surface area contributed by atoms with Crippen LogP contribution in [0.4, 0.5) is 0 Å². The zero-order valence-electron chi connectivity index (χ0n) is 19.2. The van der Waals surface area contributed by atoms with Gasteiger partial charge in [-0.15, -0.1) is 0 Å². The Morgan fingerprint density at radius 1 is 1.03 bits per heavy atom. The van der Waals surface area contributed by atoms with Gasteiger partial charge in [0.1, 0.15) is 12.4 Å². The second kappa shape index (κ2) is 7.83. The largest absolute Gasteiger partial charge is 0.487 e. The van der Waals surface area contributed by atoms with Crippen LogP contribution in [0.15, 0.2) is 84.0 Å². The Hall–Kier alpha value is -3.87. The Morgan fingerprint density at radius 3 is 2.63 bits per heavy atom. The highest BCUT2D eigenvalue weighted by molar-refractivity contribution is 6.32. The highest BCUT2D eigenvalue weighted by Crippen LogP contribution is 2.41. The molecule has 0 saturated heterocycles. The number of fused-ring (bicyclic) bond motifs is 6. The summed E-state index contributed by atoms with van der Waals surface area (Å²) in [5.41, 5.74) is 3.57. The first kappa shape index (κ1) is 21.6. The summed E-state index contributed by atoms with van der Waals surface area (Å²) in [5, 5.41) is 13.8. The van der Waals surface area contributed by atoms with E-state index in [1.807, 2.05) is 49.5 Å². The van der Waals surface area contributed by atoms with Crippen molar-refractivity contribution in [2.75, 3.05) is 0 Å². The fraction of sp³-hybridized carbons (Fsp3) is 0.143. The van der Waals surface area contributed by atoms with E-state index >= 15 is 0 Å². The second-order valence-corrected chi connectivity index (χ2v) is 9.33. The quantitative estimate of drug-likeness (QED) is 0.373. The van der Waals surface area contributed by atoms with Crippen molar-refractivity contribution in [3.63, 3.8) is 0 Å². The Bertz CT molecular complexity index is 1690. The number of aromatic nitrogens is 3. The normalized spacial score (nSPS) is 16.9. The van der Waals surface area contributed by atoms with Gasteiger partial charge in [0.05, 0.1) is 28.8 Å². The molecule has 0 unspecified atom stereocenters. The van der Waals surface area contributed by atoms with E-state index in [2.05, 4.69) is 4.98 Å². The Kier molecular flexibility index (Phi) is 4.85. The molecule has 174 valence electrons. The van der Waals surface area contributed by atoms with Crippen LogP contribution < -0.4 is 10.3 Å². The molecule has 0 fully saturated rings. The van der Waals surface area contributed by atoms with Crippen molar-refractivity contribution in [3.8, 4) is 16.9 Å². The molecule has 6 nitrogen and oxygen atoms in total. The molecular formula is C28H22ClN3O3. The van der Waals surface area contributed by atoms with E-state index in [0.717, 1.165) is 27.6 Å². The number of hydrogen-bond acceptors (Lipinski definition) is 4. The zero-order chi connectivity index (χ0) is 24.3. The molecule has 5 aromatic rings. The number of hydrogen-bond donors (Lipinski definition) is 1. The van der Waals surface area contributed by atoms with E-state index in [-0.39, 0.29) is 12.2 Å². The molecule has 3 heterocycles. The van der Waals surface area contributed by atoms with Gasteiger partial charge in [-0.2, -0.15) is 0 Å². The fourth-order valence-corrected chi connectivity index (χ4v) is 5.09. The molecule has 3 aromatic carbocycles. The van der Waals surface area contributed by atoms with E-state index in [4.69, 9.17) is 16.3 Å². The van der Waals surface area contributed by atoms with E-state index < -0.39 is 5.60 Å². The summed E-state index contributed by atoms with van der Waals surface area (Å²) in [7, 11) is 3.60. The minimum atomic E-state index is -1.55. The van der Waals surface area contributed by atoms with Crippen LogP contribution >= 0.6 is 11.6 Å². The lowest BCUT2D eigenvalue weighted by Gasteiger charge is -2.30. The number of imidazole rings is 1. The monoisotopic (exact) mass is 483 g/mol. The molecule has 0 radical (unpaired) electrons. The van der Waals surface area contributed by atoms with E-state index in [1.54, 1.807) is 53.0 Å². The lowest BCUT2D eigenvalue weighted by Crippen LogP contribution is -2.31. The van der Waals surface area contributed by atoms with Crippen molar-refractivity contribution in [1.29, 1.82) is 0 Å². The maximum Gasteiger partial charge on any atom is 0.251 e. The van der Waals surface area contributed by atoms with Crippen LogP contribution in [0.2, 0.25) is 5.02 Å². The van der Waals surface area contributed by atoms with Crippen LogP contribution in [0, 0.1) is 0 Å². The van der Waals surface area contributed by atoms with Gasteiger partial charge in [0.15, 0.2) is 5.60 Å². The molecule has 1 aliphatic rings. The minimum absolute atomic E-state index is 0.105. The molecule has 35 heavy (non-hydrogen) atoms. The lowest BCUT2D eigenvalue weighted by molar-refractivity contribution is 0.117. The van der Waals surface area contributed by atoms with Crippen LogP contribution in [-0.4, -0.2) is 19.2 Å². The van der Waals surface area contributed by atoms with E-state index in [1.165, 1.54) is 0 Å². The number of ether oxygens (including phenoxy) is 1. The molecule has 6 bridgehead atoms. The van der Waals surface area contributed by atoms with Crippen molar-refractivity contribution in [3.05, 3.63) is 117 Å². The Labute approximate surface area is 206 Å². The molecule has 1 atom stereocenters. The summed E-state index contributed by atoms with van der Waals surface area (Å²) >= 11 is 6.49. The second-order valence-electron chi connectivity index (χ2n) is 8.92. The van der Waals surface area contributed by atoms with Gasteiger partial charge in [0, 0.05) is 25.5 Å². The van der Waals surface area contributed by atoms with Crippen molar-refractivity contribution in [1.82, 2.24) is 14.1 Å². The van der Waals surface area contributed by atoms with Gasteiger partial charge in [0.25, 0.3) is 5.56 Å². The molecule has 2 aromatic heterocycles. The van der Waals surface area contributed by atoms with Crippen molar-refractivity contribution < 1.29 is 9.84 Å². The molecular weight excluding hydrogens is 462 g/mol. The smallest absolute Gasteiger partial charge is 0.251 e. The van der Waals surface area contributed by atoms with Gasteiger partial charge in [0.2, 0.25) is 0 Å². The molecule has 1 aliphatic heterocycles. The first-order valence-electron chi connectivity index (χ1n) is 11.2. The van der Waals surface area contributed by atoms with Crippen LogP contribution in [0.5, 0.6) is 5.75 Å². The summed E-state index contributed by atoms with van der Waals surface area (Å²) in [6.45, 7) is 0.284. The number of aryl methyl sites for hydroxylation is 2. The summed E-state index contributed by atoms with van der Waals surface area (Å²) in [6.07, 6.45) is 3.31. The first-order valence-corrected chi connectivity index (χ1v) is 11.6. The average Bonchev–Trinajstić information content (AvgIpc) is 3.31. The van der Waals surface area contributed by atoms with Gasteiger partial charge < -0.3 is 19.0 Å². The molecule has 0 aliphatic carbocycles. The maximum absolute atomic E-state index is 12.8. The molecule has 1 N–H and O–H groups in total. The van der Waals surface area contributed by atoms with Gasteiger partial charge in [-0.25, -0.2) is 4.98 Å². The van der Waals surface area contributed by atoms with Gasteiger partial charge in [-0.05, 0) is 58.1 Å². The molecule has 7 heteroatoms. The van der Waals surface area contributed by atoms with E-state index in [9.17, 15) is 9.90 Å². The van der Waals surface area contributed by atoms with E-state index in [0.29, 0.717) is 27.6 Å². The lowest BCUT2D eigenvalue weighted by atomic mass is 9.82. The predicted octanol–water partition coefficient (Wildman–Crippen LogP) is 4.77. The third-order valence-electron chi connectivity index (χ3n) is 6.83. The van der Waals surface area contributed by atoms with Crippen LogP contribution in [0.1, 0.15) is 22.4 Å². The number of aliphatic hydroxyl groups is 1. The number of benzene rings is 3. The number of nitrogens with zero attached hydrogens (tertiary/aromatic N) is 3. The zero-order valence-corrected chi connectivity index (χ0v) is 20.0. The first-order chi connectivity index (χ1) is 16.9. The van der Waals surface area contributed by atoms with Crippen LogP contribution in [-0.2, 0) is 26.3 Å². The number of rotatable bonds is 1. The van der Waals surface area contributed by atoms with Gasteiger partial charge in [-0.1, -0.05) is 41.9 Å². The summed E-state index contributed by atoms with van der Waals surface area (Å²) in [4.78, 5) is 17.1. The highest BCUT2D eigenvalue weighted by atomic mass is 35.5. The fourth-order valence-electron chi connectivity index (χ4n) is 4.92. The number of pyridine rings is 1. The van der Waals surface area contributed by atoms with Crippen molar-refractivity contribution in [2.45, 2.75) is 12.2 Å². The third kappa shape index (κ3) is 3.29. The Morgan fingerprint density at radius 2 is 1.83 bits per heavy atom. The molecule has 0 amide bonds. The predicted molar refractivity (Wildman–Crippen MR) is 136 cm³/mol. The highest BCUT2D eigenvalue weighted by Gasteiger charge is 2.37. The van der Waals surface area contributed by atoms with Crippen LogP contribution in [0.25, 0.3) is 22.0 Å². The SMILES string of the molecule is Cn1cncc1[C@@]1(O)c2ccc(Cl)c(c2)OCc2cccc(c2)-c2cc(=O)n(C)c3ccc1cc23. The van der Waals surface area contributed by atoms with Gasteiger partial charge >= 0.3 is 0 Å². The summed E-state index contributed by atoms with van der Waals surface area (Å²) < 4.78 is 9.53.